The van der Waals surface area contributed by atoms with Gasteiger partial charge in [-0.1, -0.05) is 36.1 Å². The smallest absolute Gasteiger partial charge is 0.293 e. The van der Waals surface area contributed by atoms with Crippen LogP contribution in [0, 0.1) is 20.8 Å². The van der Waals surface area contributed by atoms with Crippen LogP contribution in [-0.4, -0.2) is 21.9 Å². The lowest BCUT2D eigenvalue weighted by atomic mass is 10.0. The van der Waals surface area contributed by atoms with Gasteiger partial charge in [-0.05, 0) is 44.4 Å². The van der Waals surface area contributed by atoms with Crippen LogP contribution in [-0.2, 0) is 0 Å². The molecule has 0 radical (unpaired) electrons. The molecule has 3 rings (SSSR count). The third kappa shape index (κ3) is 3.32. The Labute approximate surface area is 148 Å². The SMILES string of the molecule is CCCSc1nnc(NC(=O)c2oc3cc(C)cc(C)c3c2C)s1. The van der Waals surface area contributed by atoms with Crippen LogP contribution in [0.25, 0.3) is 11.0 Å². The molecule has 0 unspecified atom stereocenters. The molecule has 126 valence electrons. The van der Waals surface area contributed by atoms with E-state index in [1.54, 1.807) is 11.8 Å². The van der Waals surface area contributed by atoms with E-state index in [1.165, 1.54) is 11.3 Å². The quantitative estimate of drug-likeness (QED) is 0.513. The lowest BCUT2D eigenvalue weighted by Gasteiger charge is -1.99. The number of aryl methyl sites for hydroxylation is 3. The summed E-state index contributed by atoms with van der Waals surface area (Å²) in [6.07, 6.45) is 1.07. The van der Waals surface area contributed by atoms with E-state index in [-0.39, 0.29) is 5.91 Å². The van der Waals surface area contributed by atoms with Crippen molar-refractivity contribution in [1.82, 2.24) is 10.2 Å². The number of amides is 1. The second-order valence-electron chi connectivity index (χ2n) is 5.69. The molecule has 2 heterocycles. The molecule has 0 atom stereocenters. The molecule has 0 saturated carbocycles. The van der Waals surface area contributed by atoms with Crippen molar-refractivity contribution < 1.29 is 9.21 Å². The minimum atomic E-state index is -0.288. The van der Waals surface area contributed by atoms with Gasteiger partial charge in [0.15, 0.2) is 10.1 Å². The van der Waals surface area contributed by atoms with Gasteiger partial charge in [0.05, 0.1) is 0 Å². The predicted molar refractivity (Wildman–Crippen MR) is 99.3 cm³/mol. The third-order valence-corrected chi connectivity index (χ3v) is 5.81. The van der Waals surface area contributed by atoms with Gasteiger partial charge in [0.1, 0.15) is 5.58 Å². The molecule has 5 nitrogen and oxygen atoms in total. The normalized spacial score (nSPS) is 11.2. The van der Waals surface area contributed by atoms with Crippen LogP contribution in [0.5, 0.6) is 0 Å². The van der Waals surface area contributed by atoms with Crippen LogP contribution in [0.2, 0.25) is 0 Å². The highest BCUT2D eigenvalue weighted by molar-refractivity contribution is 8.01. The summed E-state index contributed by atoms with van der Waals surface area (Å²) in [5.74, 6) is 1.03. The van der Waals surface area contributed by atoms with Gasteiger partial charge in [-0.25, -0.2) is 0 Å². The van der Waals surface area contributed by atoms with Crippen molar-refractivity contribution in [1.29, 1.82) is 0 Å². The van der Waals surface area contributed by atoms with Crippen LogP contribution in [0.3, 0.4) is 0 Å². The number of carbonyl (C=O) groups excluding carboxylic acids is 1. The molecule has 0 saturated heterocycles. The van der Waals surface area contributed by atoms with Crippen LogP contribution in [0.4, 0.5) is 5.13 Å². The number of aromatic nitrogens is 2. The van der Waals surface area contributed by atoms with Crippen molar-refractivity contribution in [2.24, 2.45) is 0 Å². The summed E-state index contributed by atoms with van der Waals surface area (Å²) in [6.45, 7) is 8.07. The molecular formula is C17H19N3O2S2. The van der Waals surface area contributed by atoms with E-state index in [0.29, 0.717) is 10.9 Å². The lowest BCUT2D eigenvalue weighted by molar-refractivity contribution is 0.0998. The zero-order valence-electron chi connectivity index (χ0n) is 14.1. The Hall–Kier alpha value is -1.86. The maximum atomic E-state index is 12.6. The summed E-state index contributed by atoms with van der Waals surface area (Å²) in [4.78, 5) is 12.6. The molecule has 0 aliphatic heterocycles. The van der Waals surface area contributed by atoms with Gasteiger partial charge in [-0.2, -0.15) is 0 Å². The number of carbonyl (C=O) groups is 1. The zero-order chi connectivity index (χ0) is 17.3. The Morgan fingerprint density at radius 2 is 2.08 bits per heavy atom. The second kappa shape index (κ2) is 6.94. The van der Waals surface area contributed by atoms with Gasteiger partial charge in [0, 0.05) is 16.7 Å². The first-order chi connectivity index (χ1) is 11.5. The molecule has 0 spiro atoms. The van der Waals surface area contributed by atoms with Gasteiger partial charge >= 0.3 is 0 Å². The summed E-state index contributed by atoms with van der Waals surface area (Å²) in [5, 5.41) is 12.4. The van der Waals surface area contributed by atoms with Crippen molar-refractivity contribution in [2.75, 3.05) is 11.1 Å². The molecule has 1 aromatic carbocycles. The van der Waals surface area contributed by atoms with Crippen LogP contribution >= 0.6 is 23.1 Å². The average molecular weight is 361 g/mol. The summed E-state index contributed by atoms with van der Waals surface area (Å²) in [5.41, 5.74) is 3.82. The number of hydrogen-bond donors (Lipinski definition) is 1. The fourth-order valence-corrected chi connectivity index (χ4v) is 4.34. The Kier molecular flexibility index (Phi) is 4.91. The number of hydrogen-bond acceptors (Lipinski definition) is 6. The number of anilines is 1. The highest BCUT2D eigenvalue weighted by Crippen LogP contribution is 2.31. The number of thioether (sulfide) groups is 1. The Balaban J connectivity index is 1.85. The molecule has 24 heavy (non-hydrogen) atoms. The maximum absolute atomic E-state index is 12.6. The van der Waals surface area contributed by atoms with Gasteiger partial charge in [0.2, 0.25) is 5.13 Å². The minimum absolute atomic E-state index is 0.288. The van der Waals surface area contributed by atoms with Crippen molar-refractivity contribution >= 4 is 45.1 Å². The van der Waals surface area contributed by atoms with Crippen LogP contribution in [0.1, 0.15) is 40.6 Å². The summed E-state index contributed by atoms with van der Waals surface area (Å²) in [6, 6.07) is 4.05. The molecule has 0 bridgehead atoms. The molecule has 3 aromatic rings. The molecule has 2 aromatic heterocycles. The highest BCUT2D eigenvalue weighted by atomic mass is 32.2. The fourth-order valence-electron chi connectivity index (χ4n) is 2.67. The number of furan rings is 1. The van der Waals surface area contributed by atoms with E-state index in [0.717, 1.165) is 44.2 Å². The Morgan fingerprint density at radius 3 is 2.83 bits per heavy atom. The summed E-state index contributed by atoms with van der Waals surface area (Å²) < 4.78 is 6.67. The summed E-state index contributed by atoms with van der Waals surface area (Å²) in [7, 11) is 0. The standard InChI is InChI=1S/C17H19N3O2S2/c1-5-6-23-17-20-19-16(24-17)18-15(21)14-11(4)13-10(3)7-9(2)8-12(13)22-14/h7-8H,5-6H2,1-4H3,(H,18,19,21). The first-order valence-corrected chi connectivity index (χ1v) is 9.57. The molecule has 7 heteroatoms. The Morgan fingerprint density at radius 1 is 1.29 bits per heavy atom. The molecule has 1 N–H and O–H groups in total. The Bertz CT molecular complexity index is 899. The molecule has 0 aliphatic carbocycles. The van der Waals surface area contributed by atoms with Gasteiger partial charge in [0.25, 0.3) is 5.91 Å². The van der Waals surface area contributed by atoms with Gasteiger partial charge < -0.3 is 4.42 Å². The van der Waals surface area contributed by atoms with E-state index < -0.39 is 0 Å². The first-order valence-electron chi connectivity index (χ1n) is 7.77. The van der Waals surface area contributed by atoms with Crippen molar-refractivity contribution in [3.05, 3.63) is 34.6 Å². The largest absolute Gasteiger partial charge is 0.451 e. The van der Waals surface area contributed by atoms with Gasteiger partial charge in [-0.15, -0.1) is 10.2 Å². The van der Waals surface area contributed by atoms with E-state index in [9.17, 15) is 4.79 Å². The minimum Gasteiger partial charge on any atom is -0.451 e. The number of benzene rings is 1. The first kappa shape index (κ1) is 17.0. The molecule has 0 aliphatic rings. The molecular weight excluding hydrogens is 342 g/mol. The number of rotatable bonds is 5. The molecule has 0 fully saturated rings. The predicted octanol–water partition coefficient (Wildman–Crippen LogP) is 4.96. The average Bonchev–Trinajstić information content (AvgIpc) is 3.09. The van der Waals surface area contributed by atoms with Crippen LogP contribution < -0.4 is 5.32 Å². The number of nitrogens with zero attached hydrogens (tertiary/aromatic N) is 2. The zero-order valence-corrected chi connectivity index (χ0v) is 15.7. The maximum Gasteiger partial charge on any atom is 0.293 e. The summed E-state index contributed by atoms with van der Waals surface area (Å²) >= 11 is 3.03. The van der Waals surface area contributed by atoms with E-state index in [2.05, 4.69) is 28.5 Å². The van der Waals surface area contributed by atoms with Crippen molar-refractivity contribution in [3.63, 3.8) is 0 Å². The number of nitrogens with one attached hydrogen (secondary N) is 1. The van der Waals surface area contributed by atoms with E-state index in [4.69, 9.17) is 4.42 Å². The third-order valence-electron chi connectivity index (χ3n) is 3.63. The fraction of sp³-hybridized carbons (Fsp3) is 0.353. The number of fused-ring (bicyclic) bond motifs is 1. The van der Waals surface area contributed by atoms with E-state index >= 15 is 0 Å². The van der Waals surface area contributed by atoms with Gasteiger partial charge in [-0.3, -0.25) is 10.1 Å². The topological polar surface area (TPSA) is 68.0 Å². The monoisotopic (exact) mass is 361 g/mol. The second-order valence-corrected chi connectivity index (χ2v) is 8.01. The van der Waals surface area contributed by atoms with Crippen molar-refractivity contribution in [3.8, 4) is 0 Å². The van der Waals surface area contributed by atoms with Crippen LogP contribution in [0.15, 0.2) is 20.9 Å². The lowest BCUT2D eigenvalue weighted by Crippen LogP contribution is -2.11. The molecule has 1 amide bonds. The van der Waals surface area contributed by atoms with Crippen molar-refractivity contribution in [2.45, 2.75) is 38.5 Å². The van der Waals surface area contributed by atoms with E-state index in [1.807, 2.05) is 26.8 Å². The highest BCUT2D eigenvalue weighted by Gasteiger charge is 2.20.